The fraction of sp³-hybridized carbons (Fsp3) is 0.800. The summed E-state index contributed by atoms with van der Waals surface area (Å²) in [7, 11) is 0. The Morgan fingerprint density at radius 3 is 3.05 bits per heavy atom. The van der Waals surface area contributed by atoms with Gasteiger partial charge in [-0.05, 0) is 25.7 Å². The molecule has 0 radical (unpaired) electrons. The predicted octanol–water partition coefficient (Wildman–Crippen LogP) is 1.89. The van der Waals surface area contributed by atoms with Crippen LogP contribution in [0.25, 0.3) is 0 Å². The number of morpholine rings is 1. The van der Waals surface area contributed by atoms with Crippen LogP contribution in [0.2, 0.25) is 0 Å². The molecule has 1 unspecified atom stereocenters. The van der Waals surface area contributed by atoms with Gasteiger partial charge in [0.15, 0.2) is 0 Å². The summed E-state index contributed by atoms with van der Waals surface area (Å²) < 4.78 is 11.3. The fourth-order valence-electron chi connectivity index (χ4n) is 3.26. The van der Waals surface area contributed by atoms with Gasteiger partial charge in [0, 0.05) is 25.1 Å². The Bertz CT molecular complexity index is 372. The van der Waals surface area contributed by atoms with Crippen molar-refractivity contribution < 1.29 is 14.3 Å². The van der Waals surface area contributed by atoms with E-state index in [2.05, 4.69) is 6.08 Å². The van der Waals surface area contributed by atoms with Crippen molar-refractivity contribution in [3.63, 3.8) is 0 Å². The summed E-state index contributed by atoms with van der Waals surface area (Å²) in [5, 5.41) is 0. The quantitative estimate of drug-likeness (QED) is 0.727. The number of rotatable bonds is 1. The summed E-state index contributed by atoms with van der Waals surface area (Å²) in [5.74, 6) is 0.233. The lowest BCUT2D eigenvalue weighted by atomic mass is 9.99. The number of hydrogen-bond donors (Lipinski definition) is 0. The fourth-order valence-corrected chi connectivity index (χ4v) is 3.26. The van der Waals surface area contributed by atoms with Gasteiger partial charge in [-0.1, -0.05) is 12.5 Å². The second-order valence-electron chi connectivity index (χ2n) is 5.89. The van der Waals surface area contributed by atoms with Crippen LogP contribution in [0.4, 0.5) is 0 Å². The third kappa shape index (κ3) is 2.84. The molecule has 3 rings (SSSR count). The van der Waals surface area contributed by atoms with Crippen molar-refractivity contribution in [3.05, 3.63) is 11.6 Å². The van der Waals surface area contributed by atoms with E-state index >= 15 is 0 Å². The average molecular weight is 265 g/mol. The molecule has 3 aliphatic rings. The normalized spacial score (nSPS) is 32.2. The molecule has 0 aromatic carbocycles. The number of hydrogen-bond acceptors (Lipinski definition) is 3. The molecular weight excluding hydrogens is 242 g/mol. The first-order chi connectivity index (χ1) is 9.29. The van der Waals surface area contributed by atoms with Crippen molar-refractivity contribution in [3.8, 4) is 0 Å². The molecule has 2 saturated heterocycles. The van der Waals surface area contributed by atoms with Gasteiger partial charge < -0.3 is 14.4 Å². The van der Waals surface area contributed by atoms with Gasteiger partial charge in [0.25, 0.3) is 0 Å². The second kappa shape index (κ2) is 5.63. The molecule has 106 valence electrons. The van der Waals surface area contributed by atoms with Crippen LogP contribution >= 0.6 is 0 Å². The first-order valence-electron chi connectivity index (χ1n) is 7.49. The van der Waals surface area contributed by atoms with Crippen molar-refractivity contribution in [2.24, 2.45) is 0 Å². The molecule has 1 atom stereocenters. The molecule has 1 amide bonds. The molecule has 1 aliphatic carbocycles. The average Bonchev–Trinajstić information content (AvgIpc) is 2.72. The Balaban J connectivity index is 1.67. The number of ether oxygens (including phenoxy) is 2. The maximum atomic E-state index is 12.6. The van der Waals surface area contributed by atoms with Gasteiger partial charge >= 0.3 is 0 Å². The number of amides is 1. The summed E-state index contributed by atoms with van der Waals surface area (Å²) in [6, 6.07) is 0. The van der Waals surface area contributed by atoms with Crippen LogP contribution in [0.1, 0.15) is 38.5 Å². The molecule has 1 spiro atoms. The largest absolute Gasteiger partial charge is 0.378 e. The van der Waals surface area contributed by atoms with Crippen molar-refractivity contribution in [1.29, 1.82) is 0 Å². The van der Waals surface area contributed by atoms with Gasteiger partial charge in [0.2, 0.25) is 5.91 Å². The monoisotopic (exact) mass is 265 g/mol. The van der Waals surface area contributed by atoms with E-state index in [-0.39, 0.29) is 11.5 Å². The van der Waals surface area contributed by atoms with Crippen molar-refractivity contribution >= 4 is 5.91 Å². The van der Waals surface area contributed by atoms with Crippen molar-refractivity contribution in [1.82, 2.24) is 4.90 Å². The lowest BCUT2D eigenvalue weighted by Crippen LogP contribution is -2.54. The minimum absolute atomic E-state index is 0.223. The molecule has 19 heavy (non-hydrogen) atoms. The smallest absolute Gasteiger partial charge is 0.249 e. The Labute approximate surface area is 114 Å². The predicted molar refractivity (Wildman–Crippen MR) is 71.9 cm³/mol. The summed E-state index contributed by atoms with van der Waals surface area (Å²) in [4.78, 5) is 14.6. The van der Waals surface area contributed by atoms with E-state index in [4.69, 9.17) is 9.47 Å². The molecule has 0 N–H and O–H groups in total. The van der Waals surface area contributed by atoms with Crippen LogP contribution in [0, 0.1) is 0 Å². The minimum Gasteiger partial charge on any atom is -0.378 e. The van der Waals surface area contributed by atoms with E-state index in [1.54, 1.807) is 0 Å². The molecule has 0 aromatic rings. The number of nitrogens with zero attached hydrogens (tertiary/aromatic N) is 1. The van der Waals surface area contributed by atoms with Crippen molar-refractivity contribution in [2.75, 3.05) is 32.9 Å². The highest BCUT2D eigenvalue weighted by Gasteiger charge is 2.41. The summed E-state index contributed by atoms with van der Waals surface area (Å²) in [6.07, 6.45) is 8.68. The molecule has 2 fully saturated rings. The van der Waals surface area contributed by atoms with Gasteiger partial charge in [0.1, 0.15) is 5.60 Å². The molecule has 4 heteroatoms. The van der Waals surface area contributed by atoms with Crippen molar-refractivity contribution in [2.45, 2.75) is 44.1 Å². The number of carbonyl (C=O) groups is 1. The van der Waals surface area contributed by atoms with E-state index in [0.29, 0.717) is 19.8 Å². The van der Waals surface area contributed by atoms with E-state index in [1.165, 1.54) is 12.8 Å². The van der Waals surface area contributed by atoms with Crippen LogP contribution in [-0.4, -0.2) is 49.3 Å². The SMILES string of the molecule is O=C(C1=CCCCCC1)N1CCOC2(CCOC2)C1. The molecule has 0 aromatic heterocycles. The Morgan fingerprint density at radius 1 is 1.26 bits per heavy atom. The molecule has 0 bridgehead atoms. The molecule has 4 nitrogen and oxygen atoms in total. The summed E-state index contributed by atoms with van der Waals surface area (Å²) in [6.45, 7) is 3.45. The van der Waals surface area contributed by atoms with Crippen LogP contribution in [0.3, 0.4) is 0 Å². The van der Waals surface area contributed by atoms with E-state index in [0.717, 1.165) is 44.4 Å². The van der Waals surface area contributed by atoms with Crippen LogP contribution < -0.4 is 0 Å². The van der Waals surface area contributed by atoms with E-state index in [1.807, 2.05) is 4.90 Å². The van der Waals surface area contributed by atoms with Crippen LogP contribution in [0.15, 0.2) is 11.6 Å². The van der Waals surface area contributed by atoms with Gasteiger partial charge in [-0.2, -0.15) is 0 Å². The number of carbonyl (C=O) groups excluding carboxylic acids is 1. The summed E-state index contributed by atoms with van der Waals surface area (Å²) in [5.41, 5.74) is 0.799. The Hall–Kier alpha value is -0.870. The maximum absolute atomic E-state index is 12.6. The van der Waals surface area contributed by atoms with Gasteiger partial charge in [-0.25, -0.2) is 0 Å². The van der Waals surface area contributed by atoms with Gasteiger partial charge in [-0.15, -0.1) is 0 Å². The van der Waals surface area contributed by atoms with E-state index < -0.39 is 0 Å². The Kier molecular flexibility index (Phi) is 3.89. The first-order valence-corrected chi connectivity index (χ1v) is 7.49. The zero-order chi connectivity index (χ0) is 13.1. The lowest BCUT2D eigenvalue weighted by Gasteiger charge is -2.39. The van der Waals surface area contributed by atoms with Crippen LogP contribution in [0.5, 0.6) is 0 Å². The third-order valence-electron chi connectivity index (χ3n) is 4.42. The molecule has 2 aliphatic heterocycles. The minimum atomic E-state index is -0.223. The number of allylic oxidation sites excluding steroid dienone is 1. The van der Waals surface area contributed by atoms with Gasteiger partial charge in [-0.3, -0.25) is 4.79 Å². The standard InChI is InChI=1S/C15H23NO3/c17-14(13-5-3-1-2-4-6-13)16-8-10-19-15(11-16)7-9-18-12-15/h5H,1-4,6-12H2. The zero-order valence-corrected chi connectivity index (χ0v) is 11.5. The van der Waals surface area contributed by atoms with E-state index in [9.17, 15) is 4.79 Å². The highest BCUT2D eigenvalue weighted by Crippen LogP contribution is 2.29. The highest BCUT2D eigenvalue weighted by molar-refractivity contribution is 5.93. The lowest BCUT2D eigenvalue weighted by molar-refractivity contribution is -0.147. The summed E-state index contributed by atoms with van der Waals surface area (Å²) >= 11 is 0. The first kappa shape index (κ1) is 13.1. The topological polar surface area (TPSA) is 38.8 Å². The zero-order valence-electron chi connectivity index (χ0n) is 11.5. The molecule has 0 saturated carbocycles. The third-order valence-corrected chi connectivity index (χ3v) is 4.42. The maximum Gasteiger partial charge on any atom is 0.249 e. The highest BCUT2D eigenvalue weighted by atomic mass is 16.6. The Morgan fingerprint density at radius 2 is 2.21 bits per heavy atom. The van der Waals surface area contributed by atoms with Gasteiger partial charge in [0.05, 0.1) is 19.8 Å². The second-order valence-corrected chi connectivity index (χ2v) is 5.89. The molecule has 2 heterocycles. The van der Waals surface area contributed by atoms with Crippen LogP contribution in [-0.2, 0) is 14.3 Å². The molecular formula is C15H23NO3.